The zero-order valence-corrected chi connectivity index (χ0v) is 9.82. The lowest BCUT2D eigenvalue weighted by Gasteiger charge is -2.13. The number of pyridine rings is 1. The van der Waals surface area contributed by atoms with Crippen molar-refractivity contribution in [1.82, 2.24) is 4.98 Å². The van der Waals surface area contributed by atoms with Crippen LogP contribution in [-0.4, -0.2) is 10.1 Å². The molecule has 1 N–H and O–H groups in total. The smallest absolute Gasteiger partial charge is 0.106 e. The summed E-state index contributed by atoms with van der Waals surface area (Å²) in [6, 6.07) is 17.8. The largest absolute Gasteiger partial charge is 0.384 e. The minimum Gasteiger partial charge on any atom is -0.384 e. The van der Waals surface area contributed by atoms with E-state index in [1.807, 2.05) is 42.5 Å². The first-order chi connectivity index (χ1) is 8.86. The predicted molar refractivity (Wildman–Crippen MR) is 72.2 cm³/mol. The Hall–Kier alpha value is -2.19. The summed E-state index contributed by atoms with van der Waals surface area (Å²) in [6.45, 7) is 0. The Kier molecular flexibility index (Phi) is 2.79. The van der Waals surface area contributed by atoms with Crippen LogP contribution in [0.3, 0.4) is 0 Å². The lowest BCUT2D eigenvalue weighted by molar-refractivity contribution is 0.221. The third-order valence-corrected chi connectivity index (χ3v) is 3.12. The fraction of sp³-hybridized carbons (Fsp3) is 0.0625. The summed E-state index contributed by atoms with van der Waals surface area (Å²) in [5.74, 6) is 0. The monoisotopic (exact) mass is 235 g/mol. The van der Waals surface area contributed by atoms with Gasteiger partial charge in [0.15, 0.2) is 0 Å². The molecule has 0 bridgehead atoms. The molecule has 2 nitrogen and oxygen atoms in total. The van der Waals surface area contributed by atoms with Crippen LogP contribution in [-0.2, 0) is 0 Å². The molecule has 0 amide bonds. The van der Waals surface area contributed by atoms with Gasteiger partial charge in [0.25, 0.3) is 0 Å². The molecule has 3 rings (SSSR count). The van der Waals surface area contributed by atoms with Crippen molar-refractivity contribution in [1.29, 1.82) is 0 Å². The van der Waals surface area contributed by atoms with Gasteiger partial charge in [0, 0.05) is 18.0 Å². The second-order valence-electron chi connectivity index (χ2n) is 4.26. The highest BCUT2D eigenvalue weighted by molar-refractivity contribution is 5.86. The van der Waals surface area contributed by atoms with E-state index in [9.17, 15) is 5.11 Å². The van der Waals surface area contributed by atoms with Gasteiger partial charge in [0.2, 0.25) is 0 Å². The van der Waals surface area contributed by atoms with Gasteiger partial charge in [-0.15, -0.1) is 0 Å². The summed E-state index contributed by atoms with van der Waals surface area (Å²) in [5, 5.41) is 12.7. The van der Waals surface area contributed by atoms with E-state index in [1.165, 1.54) is 0 Å². The summed E-state index contributed by atoms with van der Waals surface area (Å²) in [6.07, 6.45) is 2.77. The van der Waals surface area contributed by atoms with Gasteiger partial charge in [-0.05, 0) is 22.4 Å². The Morgan fingerprint density at radius 3 is 2.56 bits per heavy atom. The third-order valence-electron chi connectivity index (χ3n) is 3.12. The van der Waals surface area contributed by atoms with Crippen LogP contribution in [0.5, 0.6) is 0 Å². The number of nitrogens with zero attached hydrogens (tertiary/aromatic N) is 1. The summed E-state index contributed by atoms with van der Waals surface area (Å²) >= 11 is 0. The molecule has 0 fully saturated rings. The molecule has 0 radical (unpaired) electrons. The number of aliphatic hydroxyl groups excluding tert-OH is 1. The van der Waals surface area contributed by atoms with E-state index < -0.39 is 6.10 Å². The molecule has 3 aromatic rings. The van der Waals surface area contributed by atoms with E-state index in [4.69, 9.17) is 0 Å². The second-order valence-corrected chi connectivity index (χ2v) is 4.26. The third kappa shape index (κ3) is 1.87. The summed E-state index contributed by atoms with van der Waals surface area (Å²) in [4.78, 5) is 4.05. The van der Waals surface area contributed by atoms with Gasteiger partial charge in [0.1, 0.15) is 6.10 Å². The standard InChI is InChI=1S/C16H13NO/c18-16(13-7-4-10-17-11-13)15-9-3-6-12-5-1-2-8-14(12)15/h1-11,16,18H. The molecule has 0 aliphatic rings. The molecular weight excluding hydrogens is 222 g/mol. The molecule has 88 valence electrons. The highest BCUT2D eigenvalue weighted by atomic mass is 16.3. The molecule has 0 saturated carbocycles. The Labute approximate surface area is 106 Å². The molecule has 0 spiro atoms. The fourth-order valence-electron chi connectivity index (χ4n) is 2.21. The van der Waals surface area contributed by atoms with Crippen molar-refractivity contribution in [2.45, 2.75) is 6.10 Å². The van der Waals surface area contributed by atoms with Crippen molar-refractivity contribution >= 4 is 10.8 Å². The molecule has 1 atom stereocenters. The van der Waals surface area contributed by atoms with Crippen LogP contribution < -0.4 is 0 Å². The maximum absolute atomic E-state index is 10.4. The zero-order valence-electron chi connectivity index (χ0n) is 9.82. The molecule has 0 saturated heterocycles. The first kappa shape index (κ1) is 10.9. The fourth-order valence-corrected chi connectivity index (χ4v) is 2.21. The van der Waals surface area contributed by atoms with Gasteiger partial charge in [-0.2, -0.15) is 0 Å². The van der Waals surface area contributed by atoms with Crippen molar-refractivity contribution < 1.29 is 5.11 Å². The summed E-state index contributed by atoms with van der Waals surface area (Å²) < 4.78 is 0. The lowest BCUT2D eigenvalue weighted by atomic mass is 9.97. The number of fused-ring (bicyclic) bond motifs is 1. The molecule has 1 heterocycles. The number of hydrogen-bond acceptors (Lipinski definition) is 2. The number of aromatic nitrogens is 1. The van der Waals surface area contributed by atoms with Crippen LogP contribution in [0.4, 0.5) is 0 Å². The van der Waals surface area contributed by atoms with Crippen LogP contribution in [0.2, 0.25) is 0 Å². The molecular formula is C16H13NO. The predicted octanol–water partition coefficient (Wildman–Crippen LogP) is 3.32. The molecule has 1 aromatic heterocycles. The average Bonchev–Trinajstić information content (AvgIpc) is 2.47. The summed E-state index contributed by atoms with van der Waals surface area (Å²) in [5.41, 5.74) is 1.73. The van der Waals surface area contributed by atoms with Crippen molar-refractivity contribution in [3.05, 3.63) is 78.1 Å². The number of hydrogen-bond donors (Lipinski definition) is 1. The minimum atomic E-state index is -0.634. The van der Waals surface area contributed by atoms with E-state index in [2.05, 4.69) is 17.1 Å². The number of benzene rings is 2. The van der Waals surface area contributed by atoms with Crippen molar-refractivity contribution in [3.8, 4) is 0 Å². The van der Waals surface area contributed by atoms with Crippen LogP contribution in [0, 0.1) is 0 Å². The Morgan fingerprint density at radius 2 is 1.72 bits per heavy atom. The van der Waals surface area contributed by atoms with Crippen molar-refractivity contribution in [2.75, 3.05) is 0 Å². The van der Waals surface area contributed by atoms with E-state index in [0.717, 1.165) is 21.9 Å². The van der Waals surface area contributed by atoms with Crippen molar-refractivity contribution in [2.24, 2.45) is 0 Å². The number of rotatable bonds is 2. The van der Waals surface area contributed by atoms with Gasteiger partial charge in [0.05, 0.1) is 0 Å². The Balaban J connectivity index is 2.15. The van der Waals surface area contributed by atoms with Crippen LogP contribution in [0.25, 0.3) is 10.8 Å². The molecule has 0 aliphatic carbocycles. The SMILES string of the molecule is OC(c1cccnc1)c1cccc2ccccc12. The maximum atomic E-state index is 10.4. The van der Waals surface area contributed by atoms with Gasteiger partial charge < -0.3 is 5.11 Å². The van der Waals surface area contributed by atoms with Crippen LogP contribution >= 0.6 is 0 Å². The molecule has 0 aliphatic heterocycles. The minimum absolute atomic E-state index is 0.634. The molecule has 2 heteroatoms. The highest BCUT2D eigenvalue weighted by Crippen LogP contribution is 2.28. The lowest BCUT2D eigenvalue weighted by Crippen LogP contribution is -2.00. The average molecular weight is 235 g/mol. The Morgan fingerprint density at radius 1 is 0.889 bits per heavy atom. The molecule has 18 heavy (non-hydrogen) atoms. The van der Waals surface area contributed by atoms with Gasteiger partial charge in [-0.3, -0.25) is 4.98 Å². The number of aliphatic hydroxyl groups is 1. The van der Waals surface area contributed by atoms with E-state index in [0.29, 0.717) is 0 Å². The van der Waals surface area contributed by atoms with E-state index in [-0.39, 0.29) is 0 Å². The van der Waals surface area contributed by atoms with Gasteiger partial charge in [-0.1, -0.05) is 48.5 Å². The molecule has 2 aromatic carbocycles. The quantitative estimate of drug-likeness (QED) is 0.739. The maximum Gasteiger partial charge on any atom is 0.106 e. The second kappa shape index (κ2) is 4.59. The normalized spacial score (nSPS) is 12.5. The van der Waals surface area contributed by atoms with Crippen molar-refractivity contribution in [3.63, 3.8) is 0 Å². The van der Waals surface area contributed by atoms with E-state index in [1.54, 1.807) is 12.4 Å². The first-order valence-corrected chi connectivity index (χ1v) is 5.92. The summed E-state index contributed by atoms with van der Waals surface area (Å²) in [7, 11) is 0. The topological polar surface area (TPSA) is 33.1 Å². The van der Waals surface area contributed by atoms with Crippen LogP contribution in [0.15, 0.2) is 67.0 Å². The first-order valence-electron chi connectivity index (χ1n) is 5.92. The van der Waals surface area contributed by atoms with Gasteiger partial charge in [-0.25, -0.2) is 0 Å². The zero-order chi connectivity index (χ0) is 12.4. The highest BCUT2D eigenvalue weighted by Gasteiger charge is 2.12. The Bertz CT molecular complexity index is 659. The van der Waals surface area contributed by atoms with E-state index >= 15 is 0 Å². The molecule has 1 unspecified atom stereocenters. The van der Waals surface area contributed by atoms with Gasteiger partial charge >= 0.3 is 0 Å². The van der Waals surface area contributed by atoms with Crippen LogP contribution in [0.1, 0.15) is 17.2 Å².